The van der Waals surface area contributed by atoms with Gasteiger partial charge in [-0.1, -0.05) is 0 Å². The van der Waals surface area contributed by atoms with Gasteiger partial charge in [0.05, 0.1) is 0 Å². The molecule has 0 aliphatic carbocycles. The molecule has 2 aromatic rings. The first-order valence-corrected chi connectivity index (χ1v) is 4.33. The van der Waals surface area contributed by atoms with Crippen LogP contribution in [0.15, 0.2) is 24.8 Å². The molecule has 0 atom stereocenters. The molecule has 0 aliphatic rings. The molecule has 0 unspecified atom stereocenters. The number of nitrogens with one attached hydrogen (secondary N) is 1. The summed E-state index contributed by atoms with van der Waals surface area (Å²) >= 11 is 0. The van der Waals surface area contributed by atoms with E-state index in [1.807, 2.05) is 6.92 Å². The molecule has 2 aromatic heterocycles. The highest BCUT2D eigenvalue weighted by Crippen LogP contribution is 2.05. The van der Waals surface area contributed by atoms with Crippen LogP contribution in [0.3, 0.4) is 0 Å². The molecular formula is C8H11ClN6. The van der Waals surface area contributed by atoms with Crippen molar-refractivity contribution in [3.63, 3.8) is 0 Å². The van der Waals surface area contributed by atoms with Gasteiger partial charge in [-0.15, -0.1) is 12.4 Å². The van der Waals surface area contributed by atoms with E-state index in [1.54, 1.807) is 23.1 Å². The molecule has 0 bridgehead atoms. The second-order valence-electron chi connectivity index (χ2n) is 2.57. The lowest BCUT2D eigenvalue weighted by atomic mass is 10.7. The highest BCUT2D eigenvalue weighted by atomic mass is 35.5. The van der Waals surface area contributed by atoms with Gasteiger partial charge in [0.1, 0.15) is 6.33 Å². The van der Waals surface area contributed by atoms with Gasteiger partial charge in [0, 0.05) is 18.9 Å². The van der Waals surface area contributed by atoms with Crippen LogP contribution in [0.4, 0.5) is 5.95 Å². The van der Waals surface area contributed by atoms with E-state index in [0.29, 0.717) is 11.9 Å². The Kier molecular flexibility index (Phi) is 3.99. The van der Waals surface area contributed by atoms with Gasteiger partial charge in [-0.25, -0.2) is 9.97 Å². The zero-order chi connectivity index (χ0) is 9.80. The number of hydrogen-bond donors (Lipinski definition) is 1. The third kappa shape index (κ3) is 2.41. The standard InChI is InChI=1S/C8H10N6.ClH/c1-2-9-7-12-6-13-14(7)8-10-4-3-5-11-8;/h3-6H,2H2,1H3,(H,9,12,13);1H. The van der Waals surface area contributed by atoms with Crippen molar-refractivity contribution in [1.82, 2.24) is 24.7 Å². The zero-order valence-electron chi connectivity index (χ0n) is 8.16. The zero-order valence-corrected chi connectivity index (χ0v) is 8.98. The van der Waals surface area contributed by atoms with Gasteiger partial charge in [-0.3, -0.25) is 0 Å². The van der Waals surface area contributed by atoms with E-state index in [-0.39, 0.29) is 12.4 Å². The van der Waals surface area contributed by atoms with Crippen molar-refractivity contribution in [2.24, 2.45) is 0 Å². The molecule has 0 radical (unpaired) electrons. The molecule has 2 rings (SSSR count). The number of nitrogens with zero attached hydrogens (tertiary/aromatic N) is 5. The monoisotopic (exact) mass is 226 g/mol. The van der Waals surface area contributed by atoms with Crippen LogP contribution < -0.4 is 5.32 Å². The molecule has 0 aromatic carbocycles. The van der Waals surface area contributed by atoms with Crippen molar-refractivity contribution in [2.75, 3.05) is 11.9 Å². The average molecular weight is 227 g/mol. The largest absolute Gasteiger partial charge is 0.354 e. The van der Waals surface area contributed by atoms with Crippen molar-refractivity contribution in [1.29, 1.82) is 0 Å². The van der Waals surface area contributed by atoms with Crippen molar-refractivity contribution in [3.05, 3.63) is 24.8 Å². The summed E-state index contributed by atoms with van der Waals surface area (Å²) in [6.07, 6.45) is 4.80. The second-order valence-corrected chi connectivity index (χ2v) is 2.57. The molecule has 0 saturated carbocycles. The van der Waals surface area contributed by atoms with E-state index in [9.17, 15) is 0 Å². The molecule has 0 fully saturated rings. The predicted molar refractivity (Wildman–Crippen MR) is 58.4 cm³/mol. The number of aromatic nitrogens is 5. The van der Waals surface area contributed by atoms with Crippen molar-refractivity contribution in [3.8, 4) is 5.95 Å². The van der Waals surface area contributed by atoms with Gasteiger partial charge in [-0.05, 0) is 13.0 Å². The summed E-state index contributed by atoms with van der Waals surface area (Å²) in [5, 5.41) is 7.09. The summed E-state index contributed by atoms with van der Waals surface area (Å²) in [5.74, 6) is 1.17. The molecule has 0 aliphatic heterocycles. The third-order valence-electron chi connectivity index (χ3n) is 1.62. The van der Waals surface area contributed by atoms with Gasteiger partial charge in [-0.2, -0.15) is 14.8 Å². The van der Waals surface area contributed by atoms with Gasteiger partial charge in [0.25, 0.3) is 5.95 Å². The average Bonchev–Trinajstić information content (AvgIpc) is 2.68. The van der Waals surface area contributed by atoms with Crippen LogP contribution in [-0.2, 0) is 0 Å². The lowest BCUT2D eigenvalue weighted by molar-refractivity contribution is 0.808. The quantitative estimate of drug-likeness (QED) is 0.843. The van der Waals surface area contributed by atoms with Crippen molar-refractivity contribution in [2.45, 2.75) is 6.92 Å². The van der Waals surface area contributed by atoms with Crippen LogP contribution in [0.5, 0.6) is 0 Å². The van der Waals surface area contributed by atoms with E-state index >= 15 is 0 Å². The summed E-state index contributed by atoms with van der Waals surface area (Å²) in [6, 6.07) is 1.76. The van der Waals surface area contributed by atoms with Gasteiger partial charge >= 0.3 is 0 Å². The Morgan fingerprint density at radius 2 is 2.00 bits per heavy atom. The molecule has 0 saturated heterocycles. The van der Waals surface area contributed by atoms with Crippen LogP contribution in [-0.4, -0.2) is 31.3 Å². The summed E-state index contributed by atoms with van der Waals surface area (Å²) in [5.41, 5.74) is 0. The lowest BCUT2D eigenvalue weighted by Gasteiger charge is -2.03. The Labute approximate surface area is 93.2 Å². The van der Waals surface area contributed by atoms with Crippen LogP contribution in [0.25, 0.3) is 5.95 Å². The number of halogens is 1. The van der Waals surface area contributed by atoms with Crippen molar-refractivity contribution >= 4 is 18.4 Å². The minimum Gasteiger partial charge on any atom is -0.354 e. The van der Waals surface area contributed by atoms with Gasteiger partial charge < -0.3 is 5.32 Å². The Bertz CT molecular complexity index is 401. The fourth-order valence-electron chi connectivity index (χ4n) is 1.07. The van der Waals surface area contributed by atoms with Crippen LogP contribution in [0.2, 0.25) is 0 Å². The maximum atomic E-state index is 4.07. The number of hydrogen-bond acceptors (Lipinski definition) is 5. The summed E-state index contributed by atoms with van der Waals surface area (Å²) in [7, 11) is 0. The minimum absolute atomic E-state index is 0. The Morgan fingerprint density at radius 3 is 2.67 bits per heavy atom. The van der Waals surface area contributed by atoms with Crippen LogP contribution in [0, 0.1) is 0 Å². The Hall–Kier alpha value is -1.69. The first kappa shape index (κ1) is 11.4. The van der Waals surface area contributed by atoms with Gasteiger partial charge in [0.2, 0.25) is 5.95 Å². The predicted octanol–water partition coefficient (Wildman–Crippen LogP) is 0.911. The highest BCUT2D eigenvalue weighted by Gasteiger charge is 2.06. The number of anilines is 1. The van der Waals surface area contributed by atoms with Crippen molar-refractivity contribution < 1.29 is 0 Å². The lowest BCUT2D eigenvalue weighted by Crippen LogP contribution is -2.09. The van der Waals surface area contributed by atoms with Crippen LogP contribution >= 0.6 is 12.4 Å². The first-order valence-electron chi connectivity index (χ1n) is 4.33. The number of rotatable bonds is 3. The maximum absolute atomic E-state index is 4.07. The van der Waals surface area contributed by atoms with E-state index in [4.69, 9.17) is 0 Å². The molecule has 80 valence electrons. The third-order valence-corrected chi connectivity index (χ3v) is 1.62. The van der Waals surface area contributed by atoms with E-state index in [0.717, 1.165) is 6.54 Å². The minimum atomic E-state index is 0. The molecule has 15 heavy (non-hydrogen) atoms. The Morgan fingerprint density at radius 1 is 1.27 bits per heavy atom. The molecule has 7 heteroatoms. The molecule has 0 spiro atoms. The maximum Gasteiger partial charge on any atom is 0.253 e. The molecule has 2 heterocycles. The summed E-state index contributed by atoms with van der Waals surface area (Å²) < 4.78 is 1.56. The van der Waals surface area contributed by atoms with E-state index in [2.05, 4.69) is 25.4 Å². The van der Waals surface area contributed by atoms with Crippen LogP contribution in [0.1, 0.15) is 6.92 Å². The van der Waals surface area contributed by atoms with E-state index < -0.39 is 0 Å². The fourth-order valence-corrected chi connectivity index (χ4v) is 1.07. The fraction of sp³-hybridized carbons (Fsp3) is 0.250. The van der Waals surface area contributed by atoms with Gasteiger partial charge in [0.15, 0.2) is 0 Å². The highest BCUT2D eigenvalue weighted by molar-refractivity contribution is 5.85. The SMILES string of the molecule is CCNc1ncnn1-c1ncccn1.Cl. The Balaban J connectivity index is 0.00000112. The smallest absolute Gasteiger partial charge is 0.253 e. The molecule has 6 nitrogen and oxygen atoms in total. The summed E-state index contributed by atoms with van der Waals surface area (Å²) in [6.45, 7) is 2.77. The normalized spacial score (nSPS) is 9.40. The summed E-state index contributed by atoms with van der Waals surface area (Å²) in [4.78, 5) is 12.2. The molecule has 0 amide bonds. The topological polar surface area (TPSA) is 68.5 Å². The molecular weight excluding hydrogens is 216 g/mol. The second kappa shape index (κ2) is 5.26. The first-order chi connectivity index (χ1) is 6.92. The molecule has 1 N–H and O–H groups in total. The van der Waals surface area contributed by atoms with E-state index in [1.165, 1.54) is 6.33 Å².